The molecule has 0 radical (unpaired) electrons. The minimum Gasteiger partial charge on any atom is -0.481 e. The van der Waals surface area contributed by atoms with Gasteiger partial charge in [-0.25, -0.2) is 4.79 Å². The number of carboxylic acids is 1. The van der Waals surface area contributed by atoms with Gasteiger partial charge in [0.15, 0.2) is 0 Å². The van der Waals surface area contributed by atoms with Crippen molar-refractivity contribution in [2.45, 2.75) is 32.6 Å². The van der Waals surface area contributed by atoms with Crippen LogP contribution in [0, 0.1) is 5.41 Å². The average Bonchev–Trinajstić information content (AvgIpc) is 2.85. The van der Waals surface area contributed by atoms with Gasteiger partial charge in [-0.15, -0.1) is 0 Å². The van der Waals surface area contributed by atoms with Crippen LogP contribution < -0.4 is 10.6 Å². The maximum Gasteiger partial charge on any atom is 0.314 e. The van der Waals surface area contributed by atoms with E-state index in [2.05, 4.69) is 17.2 Å². The summed E-state index contributed by atoms with van der Waals surface area (Å²) in [6, 6.07) is -0.351. The van der Waals surface area contributed by atoms with Crippen LogP contribution in [0.4, 0.5) is 4.79 Å². The number of urea groups is 1. The van der Waals surface area contributed by atoms with Crippen LogP contribution in [0.3, 0.4) is 0 Å². The molecule has 0 aromatic rings. The summed E-state index contributed by atoms with van der Waals surface area (Å²) in [4.78, 5) is 22.9. The van der Waals surface area contributed by atoms with E-state index < -0.39 is 11.4 Å². The number of rotatable bonds is 8. The molecule has 6 nitrogen and oxygen atoms in total. The Morgan fingerprint density at radius 1 is 1.30 bits per heavy atom. The van der Waals surface area contributed by atoms with Gasteiger partial charge >= 0.3 is 12.0 Å². The standard InChI is InChI=1S/C14H24N2O4/c1-11(2)9-20-8-7-15-13(19)16-10-14(12(17)18)5-3-4-6-14/h1,3-10H2,2H3,(H,17,18)(H2,15,16,19). The zero-order valence-electron chi connectivity index (χ0n) is 12.0. The lowest BCUT2D eigenvalue weighted by molar-refractivity contribution is -0.148. The monoisotopic (exact) mass is 284 g/mol. The first-order valence-electron chi connectivity index (χ1n) is 6.93. The van der Waals surface area contributed by atoms with Crippen LogP contribution in [0.15, 0.2) is 12.2 Å². The minimum absolute atomic E-state index is 0.181. The molecule has 0 aromatic heterocycles. The maximum atomic E-state index is 11.6. The number of carboxylic acid groups (broad SMARTS) is 1. The molecule has 114 valence electrons. The molecule has 0 bridgehead atoms. The lowest BCUT2D eigenvalue weighted by Crippen LogP contribution is -2.45. The molecule has 20 heavy (non-hydrogen) atoms. The van der Waals surface area contributed by atoms with Gasteiger partial charge in [0.2, 0.25) is 0 Å². The molecule has 0 atom stereocenters. The zero-order valence-corrected chi connectivity index (χ0v) is 12.0. The summed E-state index contributed by atoms with van der Waals surface area (Å²) in [7, 11) is 0. The van der Waals surface area contributed by atoms with E-state index in [0.29, 0.717) is 32.6 Å². The second kappa shape index (κ2) is 7.89. The third-order valence-corrected chi connectivity index (χ3v) is 3.48. The first kappa shape index (κ1) is 16.5. The van der Waals surface area contributed by atoms with Crippen molar-refractivity contribution in [1.82, 2.24) is 10.6 Å². The molecule has 6 heteroatoms. The number of ether oxygens (including phenoxy) is 1. The van der Waals surface area contributed by atoms with Crippen molar-refractivity contribution < 1.29 is 19.4 Å². The van der Waals surface area contributed by atoms with Gasteiger partial charge in [-0.1, -0.05) is 25.0 Å². The van der Waals surface area contributed by atoms with Gasteiger partial charge in [0, 0.05) is 13.1 Å². The van der Waals surface area contributed by atoms with Crippen LogP contribution in [0.5, 0.6) is 0 Å². The third-order valence-electron chi connectivity index (χ3n) is 3.48. The van der Waals surface area contributed by atoms with E-state index in [1.807, 2.05) is 6.92 Å². The number of aliphatic carboxylic acids is 1. The highest BCUT2D eigenvalue weighted by atomic mass is 16.5. The van der Waals surface area contributed by atoms with Crippen molar-refractivity contribution >= 4 is 12.0 Å². The summed E-state index contributed by atoms with van der Waals surface area (Å²) in [5, 5.41) is 14.6. The second-order valence-electron chi connectivity index (χ2n) is 5.41. The Morgan fingerprint density at radius 3 is 2.50 bits per heavy atom. The number of carbonyl (C=O) groups is 2. The molecular weight excluding hydrogens is 260 g/mol. The summed E-state index contributed by atoms with van der Waals surface area (Å²) in [6.07, 6.45) is 3.07. The number of hydrogen-bond donors (Lipinski definition) is 3. The Balaban J connectivity index is 2.19. The summed E-state index contributed by atoms with van der Waals surface area (Å²) < 4.78 is 5.25. The van der Waals surface area contributed by atoms with Crippen molar-refractivity contribution in [2.75, 3.05) is 26.3 Å². The predicted molar refractivity (Wildman–Crippen MR) is 75.6 cm³/mol. The highest BCUT2D eigenvalue weighted by Gasteiger charge is 2.41. The highest BCUT2D eigenvalue weighted by molar-refractivity contribution is 5.78. The highest BCUT2D eigenvalue weighted by Crippen LogP contribution is 2.37. The summed E-state index contributed by atoms with van der Waals surface area (Å²) in [5.41, 5.74) is 0.146. The first-order chi connectivity index (χ1) is 9.46. The van der Waals surface area contributed by atoms with Gasteiger partial charge in [0.05, 0.1) is 18.6 Å². The number of hydrogen-bond acceptors (Lipinski definition) is 3. The minimum atomic E-state index is -0.819. The number of amides is 2. The van der Waals surface area contributed by atoms with Crippen LogP contribution in [-0.2, 0) is 9.53 Å². The van der Waals surface area contributed by atoms with Crippen molar-refractivity contribution in [3.63, 3.8) is 0 Å². The Labute approximate surface area is 119 Å². The fraction of sp³-hybridized carbons (Fsp3) is 0.714. The van der Waals surface area contributed by atoms with Crippen LogP contribution in [0.25, 0.3) is 0 Å². The van der Waals surface area contributed by atoms with E-state index in [4.69, 9.17) is 4.74 Å². The smallest absolute Gasteiger partial charge is 0.314 e. The lowest BCUT2D eigenvalue weighted by Gasteiger charge is -2.24. The Morgan fingerprint density at radius 2 is 1.95 bits per heavy atom. The van der Waals surface area contributed by atoms with E-state index in [1.54, 1.807) is 0 Å². The predicted octanol–water partition coefficient (Wildman–Crippen LogP) is 1.52. The molecule has 2 amide bonds. The largest absolute Gasteiger partial charge is 0.481 e. The second-order valence-corrected chi connectivity index (χ2v) is 5.41. The Bertz CT molecular complexity index is 362. The van der Waals surface area contributed by atoms with Crippen LogP contribution >= 0.6 is 0 Å². The van der Waals surface area contributed by atoms with Crippen LogP contribution in [-0.4, -0.2) is 43.4 Å². The normalized spacial score (nSPS) is 16.6. The van der Waals surface area contributed by atoms with Gasteiger partial charge < -0.3 is 20.5 Å². The molecule has 1 rings (SSSR count). The van der Waals surface area contributed by atoms with Crippen molar-refractivity contribution in [2.24, 2.45) is 5.41 Å². The van der Waals surface area contributed by atoms with Crippen LogP contribution in [0.2, 0.25) is 0 Å². The van der Waals surface area contributed by atoms with E-state index in [0.717, 1.165) is 18.4 Å². The van der Waals surface area contributed by atoms with Crippen molar-refractivity contribution in [1.29, 1.82) is 0 Å². The van der Waals surface area contributed by atoms with Gasteiger partial charge in [0.1, 0.15) is 0 Å². The molecule has 0 spiro atoms. The molecule has 0 heterocycles. The molecule has 1 fully saturated rings. The van der Waals surface area contributed by atoms with Gasteiger partial charge in [0.25, 0.3) is 0 Å². The summed E-state index contributed by atoms with van der Waals surface area (Å²) in [6.45, 7) is 7.03. The Kier molecular flexibility index (Phi) is 6.51. The van der Waals surface area contributed by atoms with Crippen LogP contribution in [0.1, 0.15) is 32.6 Å². The zero-order chi connectivity index (χ0) is 15.0. The van der Waals surface area contributed by atoms with Crippen molar-refractivity contribution in [3.8, 4) is 0 Å². The van der Waals surface area contributed by atoms with E-state index in [9.17, 15) is 14.7 Å². The number of nitrogens with one attached hydrogen (secondary N) is 2. The third kappa shape index (κ3) is 5.21. The van der Waals surface area contributed by atoms with Gasteiger partial charge in [-0.05, 0) is 19.8 Å². The molecule has 0 unspecified atom stereocenters. The molecule has 3 N–H and O–H groups in total. The lowest BCUT2D eigenvalue weighted by atomic mass is 9.86. The van der Waals surface area contributed by atoms with Gasteiger partial charge in [-0.3, -0.25) is 4.79 Å². The fourth-order valence-corrected chi connectivity index (χ4v) is 2.31. The fourth-order valence-electron chi connectivity index (χ4n) is 2.31. The summed E-state index contributed by atoms with van der Waals surface area (Å²) >= 11 is 0. The molecule has 0 saturated heterocycles. The molecule has 0 aromatic carbocycles. The Hall–Kier alpha value is -1.56. The quantitative estimate of drug-likeness (QED) is 0.466. The molecule has 0 aliphatic heterocycles. The average molecular weight is 284 g/mol. The molecule has 1 aliphatic carbocycles. The number of carbonyl (C=O) groups excluding carboxylic acids is 1. The molecule has 1 saturated carbocycles. The molecular formula is C14H24N2O4. The van der Waals surface area contributed by atoms with E-state index >= 15 is 0 Å². The van der Waals surface area contributed by atoms with Crippen molar-refractivity contribution in [3.05, 3.63) is 12.2 Å². The first-order valence-corrected chi connectivity index (χ1v) is 6.93. The SMILES string of the molecule is C=C(C)COCCNC(=O)NCC1(C(=O)O)CCCC1. The topological polar surface area (TPSA) is 87.7 Å². The van der Waals surface area contributed by atoms with E-state index in [-0.39, 0.29) is 12.6 Å². The van der Waals surface area contributed by atoms with Gasteiger partial charge in [-0.2, -0.15) is 0 Å². The maximum absolute atomic E-state index is 11.6. The van der Waals surface area contributed by atoms with E-state index in [1.165, 1.54) is 0 Å². The summed E-state index contributed by atoms with van der Waals surface area (Å²) in [5.74, 6) is -0.819. The molecule has 1 aliphatic rings.